The molecule has 0 fully saturated rings. The van der Waals surface area contributed by atoms with Gasteiger partial charge < -0.3 is 14.5 Å². The number of aryl methyl sites for hydroxylation is 1. The average Bonchev–Trinajstić information content (AvgIpc) is 2.97. The highest BCUT2D eigenvalue weighted by molar-refractivity contribution is 5.22. The molecule has 0 bridgehead atoms. The third-order valence-corrected chi connectivity index (χ3v) is 3.17. The molecule has 0 aromatic carbocycles. The number of aromatic nitrogens is 2. The van der Waals surface area contributed by atoms with E-state index in [4.69, 9.17) is 9.15 Å². The average molecular weight is 247 g/mol. The Hall–Kier alpha value is -1.59. The second kappa shape index (κ2) is 4.96. The van der Waals surface area contributed by atoms with E-state index < -0.39 is 0 Å². The van der Waals surface area contributed by atoms with Gasteiger partial charge in [0, 0.05) is 31.9 Å². The summed E-state index contributed by atoms with van der Waals surface area (Å²) in [6.07, 6.45) is 6.54. The van der Waals surface area contributed by atoms with Crippen LogP contribution in [0.3, 0.4) is 0 Å². The van der Waals surface area contributed by atoms with Gasteiger partial charge in [0.2, 0.25) is 0 Å². The summed E-state index contributed by atoms with van der Waals surface area (Å²) in [5, 5.41) is 7.85. The number of hydrogen-bond donors (Lipinski definition) is 1. The highest BCUT2D eigenvalue weighted by Gasteiger charge is 2.23. The molecule has 3 heterocycles. The predicted molar refractivity (Wildman–Crippen MR) is 66.0 cm³/mol. The summed E-state index contributed by atoms with van der Waals surface area (Å²) in [5.41, 5.74) is 3.52. The Labute approximate surface area is 106 Å². The molecule has 3 rings (SSSR count). The zero-order chi connectivity index (χ0) is 12.4. The normalized spacial score (nSPS) is 18.8. The van der Waals surface area contributed by atoms with Crippen molar-refractivity contribution in [2.75, 3.05) is 13.2 Å². The van der Waals surface area contributed by atoms with E-state index >= 15 is 0 Å². The van der Waals surface area contributed by atoms with Gasteiger partial charge in [0.1, 0.15) is 6.10 Å². The molecule has 0 amide bonds. The Balaban J connectivity index is 1.60. The van der Waals surface area contributed by atoms with Crippen LogP contribution in [-0.2, 0) is 24.8 Å². The first-order valence-corrected chi connectivity index (χ1v) is 6.19. The molecule has 0 unspecified atom stereocenters. The van der Waals surface area contributed by atoms with Gasteiger partial charge in [-0.2, -0.15) is 5.10 Å². The monoisotopic (exact) mass is 247 g/mol. The summed E-state index contributed by atoms with van der Waals surface area (Å²) in [6, 6.07) is 1.96. The Bertz CT molecular complexity index is 504. The number of rotatable bonds is 4. The van der Waals surface area contributed by atoms with E-state index in [0.29, 0.717) is 0 Å². The number of ether oxygens (including phenoxy) is 1. The largest absolute Gasteiger partial charge is 0.472 e. The molecule has 5 heteroatoms. The summed E-state index contributed by atoms with van der Waals surface area (Å²) in [6.45, 7) is 2.34. The predicted octanol–water partition coefficient (Wildman–Crippen LogP) is 1.42. The van der Waals surface area contributed by atoms with Crippen molar-refractivity contribution in [3.8, 4) is 0 Å². The zero-order valence-corrected chi connectivity index (χ0v) is 10.4. The summed E-state index contributed by atoms with van der Waals surface area (Å²) < 4.78 is 12.7. The number of furan rings is 1. The number of nitrogens with zero attached hydrogens (tertiary/aromatic N) is 2. The molecule has 2 aromatic heterocycles. The maximum atomic E-state index is 5.78. The van der Waals surface area contributed by atoms with Crippen LogP contribution in [0.5, 0.6) is 0 Å². The third kappa shape index (κ3) is 2.32. The first kappa shape index (κ1) is 11.5. The fourth-order valence-corrected chi connectivity index (χ4v) is 2.30. The lowest BCUT2D eigenvalue weighted by molar-refractivity contribution is 0.0393. The Morgan fingerprint density at radius 3 is 3.33 bits per heavy atom. The fraction of sp³-hybridized carbons (Fsp3) is 0.462. The smallest absolute Gasteiger partial charge is 0.114 e. The first-order valence-electron chi connectivity index (χ1n) is 6.19. The van der Waals surface area contributed by atoms with Crippen LogP contribution in [0.2, 0.25) is 0 Å². The van der Waals surface area contributed by atoms with Crippen LogP contribution in [0.4, 0.5) is 0 Å². The molecule has 18 heavy (non-hydrogen) atoms. The van der Waals surface area contributed by atoms with E-state index in [-0.39, 0.29) is 6.10 Å². The summed E-state index contributed by atoms with van der Waals surface area (Å²) in [7, 11) is 1.95. The van der Waals surface area contributed by atoms with Crippen LogP contribution in [-0.4, -0.2) is 22.9 Å². The minimum absolute atomic E-state index is 0.0573. The van der Waals surface area contributed by atoms with Crippen LogP contribution in [0.1, 0.15) is 22.9 Å². The lowest BCUT2D eigenvalue weighted by Gasteiger charge is -2.22. The van der Waals surface area contributed by atoms with Crippen LogP contribution < -0.4 is 5.32 Å². The van der Waals surface area contributed by atoms with Crippen LogP contribution in [0.25, 0.3) is 0 Å². The Morgan fingerprint density at radius 2 is 2.50 bits per heavy atom. The number of hydrogen-bond acceptors (Lipinski definition) is 4. The van der Waals surface area contributed by atoms with Crippen molar-refractivity contribution in [1.29, 1.82) is 0 Å². The van der Waals surface area contributed by atoms with Crippen molar-refractivity contribution in [2.24, 2.45) is 7.05 Å². The van der Waals surface area contributed by atoms with Crippen LogP contribution in [0, 0.1) is 0 Å². The van der Waals surface area contributed by atoms with E-state index in [1.807, 2.05) is 17.8 Å². The molecule has 1 aliphatic rings. The molecule has 0 saturated heterocycles. The minimum Gasteiger partial charge on any atom is -0.472 e. The van der Waals surface area contributed by atoms with Gasteiger partial charge in [-0.3, -0.25) is 4.68 Å². The van der Waals surface area contributed by atoms with Gasteiger partial charge in [-0.05, 0) is 18.1 Å². The molecule has 0 spiro atoms. The lowest BCUT2D eigenvalue weighted by Crippen LogP contribution is -2.27. The zero-order valence-electron chi connectivity index (χ0n) is 10.4. The van der Waals surface area contributed by atoms with Gasteiger partial charge in [-0.1, -0.05) is 0 Å². The summed E-state index contributed by atoms with van der Waals surface area (Å²) in [4.78, 5) is 0. The number of fused-ring (bicyclic) bond motifs is 1. The maximum absolute atomic E-state index is 5.78. The van der Waals surface area contributed by atoms with E-state index in [2.05, 4.69) is 16.6 Å². The van der Waals surface area contributed by atoms with Gasteiger partial charge >= 0.3 is 0 Å². The molecule has 1 aliphatic heterocycles. The highest BCUT2D eigenvalue weighted by Crippen LogP contribution is 2.24. The van der Waals surface area contributed by atoms with E-state index in [1.54, 1.807) is 12.5 Å². The third-order valence-electron chi connectivity index (χ3n) is 3.17. The Morgan fingerprint density at radius 1 is 1.56 bits per heavy atom. The molecule has 0 saturated carbocycles. The first-order chi connectivity index (χ1) is 8.83. The minimum atomic E-state index is 0.0573. The van der Waals surface area contributed by atoms with Crippen molar-refractivity contribution in [1.82, 2.24) is 15.1 Å². The molecular formula is C13H17N3O2. The standard InChI is InChI=1S/C13H17N3O2/c1-16-8-11-3-5-18-12(13(11)15-16)7-14-6-10-2-4-17-9-10/h2,4,8-9,12,14H,3,5-7H2,1H3/t12-/m0/s1. The SMILES string of the molecule is Cn1cc2c(n1)[C@H](CNCc1ccoc1)OCC2. The summed E-state index contributed by atoms with van der Waals surface area (Å²) in [5.74, 6) is 0. The van der Waals surface area contributed by atoms with Crippen molar-refractivity contribution in [3.05, 3.63) is 41.6 Å². The molecule has 96 valence electrons. The molecule has 1 atom stereocenters. The van der Waals surface area contributed by atoms with Crippen molar-refractivity contribution in [3.63, 3.8) is 0 Å². The highest BCUT2D eigenvalue weighted by atomic mass is 16.5. The van der Waals surface area contributed by atoms with E-state index in [0.717, 1.165) is 37.4 Å². The van der Waals surface area contributed by atoms with E-state index in [1.165, 1.54) is 5.56 Å². The van der Waals surface area contributed by atoms with Gasteiger partial charge in [0.25, 0.3) is 0 Å². The maximum Gasteiger partial charge on any atom is 0.114 e. The van der Waals surface area contributed by atoms with Crippen LogP contribution in [0.15, 0.2) is 29.2 Å². The van der Waals surface area contributed by atoms with Crippen molar-refractivity contribution in [2.45, 2.75) is 19.1 Å². The van der Waals surface area contributed by atoms with Gasteiger partial charge in [-0.25, -0.2) is 0 Å². The topological polar surface area (TPSA) is 52.2 Å². The fourth-order valence-electron chi connectivity index (χ4n) is 2.30. The number of nitrogens with one attached hydrogen (secondary N) is 1. The Kier molecular flexibility index (Phi) is 3.17. The molecular weight excluding hydrogens is 230 g/mol. The molecule has 2 aromatic rings. The second-order valence-electron chi connectivity index (χ2n) is 4.59. The summed E-state index contributed by atoms with van der Waals surface area (Å²) >= 11 is 0. The molecule has 0 radical (unpaired) electrons. The van der Waals surface area contributed by atoms with Crippen molar-refractivity contribution < 1.29 is 9.15 Å². The van der Waals surface area contributed by atoms with Gasteiger partial charge in [-0.15, -0.1) is 0 Å². The van der Waals surface area contributed by atoms with Gasteiger partial charge in [0.15, 0.2) is 0 Å². The molecule has 0 aliphatic carbocycles. The van der Waals surface area contributed by atoms with Crippen LogP contribution >= 0.6 is 0 Å². The van der Waals surface area contributed by atoms with Crippen molar-refractivity contribution >= 4 is 0 Å². The lowest BCUT2D eigenvalue weighted by atomic mass is 10.1. The quantitative estimate of drug-likeness (QED) is 0.887. The molecule has 5 nitrogen and oxygen atoms in total. The molecule has 1 N–H and O–H groups in total. The van der Waals surface area contributed by atoms with Gasteiger partial charge in [0.05, 0.1) is 24.8 Å². The second-order valence-corrected chi connectivity index (χ2v) is 4.59. The van der Waals surface area contributed by atoms with E-state index in [9.17, 15) is 0 Å².